The molecule has 0 spiro atoms. The number of esters is 1. The first-order chi connectivity index (χ1) is 13.8. The second-order valence-corrected chi connectivity index (χ2v) is 8.14. The van der Waals surface area contributed by atoms with Gasteiger partial charge in [0.05, 0.1) is 33.8 Å². The molecule has 0 amide bonds. The smallest absolute Gasteiger partial charge is 0.310 e. The van der Waals surface area contributed by atoms with Crippen LogP contribution in [0.15, 0.2) is 23.2 Å². The molecule has 1 aromatic carbocycles. The highest BCUT2D eigenvalue weighted by Gasteiger charge is 2.37. The number of ether oxygens (including phenoxy) is 3. The number of halogens is 1. The molecule has 2 atom stereocenters. The van der Waals surface area contributed by atoms with E-state index in [0.717, 1.165) is 24.6 Å². The van der Waals surface area contributed by atoms with Crippen molar-refractivity contribution in [2.24, 2.45) is 16.8 Å². The van der Waals surface area contributed by atoms with Crippen LogP contribution in [0.5, 0.6) is 11.5 Å². The number of aliphatic imine (C=N–C) groups is 1. The van der Waals surface area contributed by atoms with Crippen molar-refractivity contribution in [3.05, 3.63) is 23.8 Å². The molecule has 1 aliphatic heterocycles. The Hall–Kier alpha value is -1.71. The number of hydrogen-bond donors (Lipinski definition) is 1. The van der Waals surface area contributed by atoms with Gasteiger partial charge in [-0.1, -0.05) is 26.8 Å². The quantitative estimate of drug-likeness (QED) is 0.251. The Kier molecular flexibility index (Phi) is 10.2. The SMILES string of the molecule is CCNC(=NCC(C)(C)c1ccc(OC)c(OC)c1)N1CC(C)C(C(=O)OC)C1.I. The summed E-state index contributed by atoms with van der Waals surface area (Å²) in [5, 5.41) is 3.37. The molecule has 7 nitrogen and oxygen atoms in total. The van der Waals surface area contributed by atoms with Crippen LogP contribution in [0.25, 0.3) is 0 Å². The molecule has 8 heteroatoms. The molecule has 1 aromatic rings. The van der Waals surface area contributed by atoms with Gasteiger partial charge in [-0.05, 0) is 30.5 Å². The van der Waals surface area contributed by atoms with Gasteiger partial charge in [-0.15, -0.1) is 24.0 Å². The minimum absolute atomic E-state index is 0. The lowest BCUT2D eigenvalue weighted by molar-refractivity contribution is -0.145. The highest BCUT2D eigenvalue weighted by Crippen LogP contribution is 2.33. The third kappa shape index (κ3) is 6.15. The van der Waals surface area contributed by atoms with Crippen molar-refractivity contribution in [1.82, 2.24) is 10.2 Å². The maximum Gasteiger partial charge on any atom is 0.310 e. The van der Waals surface area contributed by atoms with Crippen LogP contribution in [-0.4, -0.2) is 64.3 Å². The number of likely N-dealkylation sites (tertiary alicyclic amines) is 1. The number of carbonyl (C=O) groups excluding carboxylic acids is 1. The first-order valence-electron chi connectivity index (χ1n) is 10.1. The van der Waals surface area contributed by atoms with E-state index < -0.39 is 0 Å². The molecule has 2 unspecified atom stereocenters. The fourth-order valence-corrected chi connectivity index (χ4v) is 3.64. The van der Waals surface area contributed by atoms with Crippen LogP contribution in [0.2, 0.25) is 0 Å². The number of hydrogen-bond acceptors (Lipinski definition) is 5. The molecular formula is C22H36IN3O4. The van der Waals surface area contributed by atoms with Gasteiger partial charge in [0.1, 0.15) is 0 Å². The van der Waals surface area contributed by atoms with Gasteiger partial charge in [0, 0.05) is 25.0 Å². The Morgan fingerprint density at radius 3 is 2.43 bits per heavy atom. The van der Waals surface area contributed by atoms with Gasteiger partial charge in [0.15, 0.2) is 17.5 Å². The van der Waals surface area contributed by atoms with E-state index >= 15 is 0 Å². The van der Waals surface area contributed by atoms with Crippen LogP contribution < -0.4 is 14.8 Å². The number of guanidine groups is 1. The Balaban J connectivity index is 0.00000450. The Morgan fingerprint density at radius 1 is 1.20 bits per heavy atom. The maximum atomic E-state index is 12.0. The topological polar surface area (TPSA) is 72.4 Å². The third-order valence-corrected chi connectivity index (χ3v) is 5.54. The monoisotopic (exact) mass is 533 g/mol. The van der Waals surface area contributed by atoms with Crippen molar-refractivity contribution in [1.29, 1.82) is 0 Å². The number of carbonyl (C=O) groups is 1. The molecule has 0 aliphatic carbocycles. The molecule has 170 valence electrons. The van der Waals surface area contributed by atoms with E-state index in [2.05, 4.69) is 37.1 Å². The molecule has 0 radical (unpaired) electrons. The van der Waals surface area contributed by atoms with Crippen LogP contribution in [0, 0.1) is 11.8 Å². The van der Waals surface area contributed by atoms with E-state index in [1.54, 1.807) is 14.2 Å². The minimum atomic E-state index is -0.201. The van der Waals surface area contributed by atoms with Crippen molar-refractivity contribution in [3.8, 4) is 11.5 Å². The van der Waals surface area contributed by atoms with Crippen LogP contribution in [-0.2, 0) is 14.9 Å². The normalized spacial score (nSPS) is 19.2. The zero-order valence-electron chi connectivity index (χ0n) is 19.2. The number of benzene rings is 1. The van der Waals surface area contributed by atoms with E-state index in [1.807, 2.05) is 19.1 Å². The molecule has 0 saturated carbocycles. The Bertz CT molecular complexity index is 739. The summed E-state index contributed by atoms with van der Waals surface area (Å²) in [4.78, 5) is 19.1. The van der Waals surface area contributed by atoms with E-state index in [0.29, 0.717) is 24.6 Å². The van der Waals surface area contributed by atoms with Gasteiger partial charge in [0.2, 0.25) is 0 Å². The third-order valence-electron chi connectivity index (χ3n) is 5.54. The summed E-state index contributed by atoms with van der Waals surface area (Å²) in [6.07, 6.45) is 0. The van der Waals surface area contributed by atoms with Gasteiger partial charge < -0.3 is 24.4 Å². The molecule has 0 bridgehead atoms. The van der Waals surface area contributed by atoms with Crippen molar-refractivity contribution in [3.63, 3.8) is 0 Å². The fourth-order valence-electron chi connectivity index (χ4n) is 3.64. The maximum absolute atomic E-state index is 12.0. The van der Waals surface area contributed by atoms with Crippen molar-refractivity contribution in [2.75, 3.05) is 47.5 Å². The average molecular weight is 533 g/mol. The largest absolute Gasteiger partial charge is 0.493 e. The zero-order chi connectivity index (χ0) is 21.6. The highest BCUT2D eigenvalue weighted by molar-refractivity contribution is 14.0. The van der Waals surface area contributed by atoms with Crippen molar-refractivity contribution in [2.45, 2.75) is 33.1 Å². The van der Waals surface area contributed by atoms with Crippen molar-refractivity contribution >= 4 is 35.9 Å². The Labute approximate surface area is 197 Å². The van der Waals surface area contributed by atoms with Crippen LogP contribution in [0.1, 0.15) is 33.3 Å². The predicted octanol–water partition coefficient (Wildman–Crippen LogP) is 3.31. The van der Waals surface area contributed by atoms with Gasteiger partial charge in [-0.2, -0.15) is 0 Å². The van der Waals surface area contributed by atoms with Gasteiger partial charge in [-0.3, -0.25) is 9.79 Å². The summed E-state index contributed by atoms with van der Waals surface area (Å²) in [6, 6.07) is 5.98. The summed E-state index contributed by atoms with van der Waals surface area (Å²) in [5.41, 5.74) is 0.921. The predicted molar refractivity (Wildman–Crippen MR) is 130 cm³/mol. The van der Waals surface area contributed by atoms with Crippen LogP contribution in [0.4, 0.5) is 0 Å². The minimum Gasteiger partial charge on any atom is -0.493 e. The number of nitrogens with one attached hydrogen (secondary N) is 1. The lowest BCUT2D eigenvalue weighted by atomic mass is 9.84. The van der Waals surface area contributed by atoms with Gasteiger partial charge in [0.25, 0.3) is 0 Å². The summed E-state index contributed by atoms with van der Waals surface area (Å²) < 4.78 is 15.7. The van der Waals surface area contributed by atoms with Crippen LogP contribution in [0.3, 0.4) is 0 Å². The first-order valence-corrected chi connectivity index (χ1v) is 10.1. The molecule has 1 N–H and O–H groups in total. The first kappa shape index (κ1) is 26.3. The molecule has 1 fully saturated rings. The number of methoxy groups -OCH3 is 3. The average Bonchev–Trinajstić information content (AvgIpc) is 3.11. The lowest BCUT2D eigenvalue weighted by Crippen LogP contribution is -2.41. The summed E-state index contributed by atoms with van der Waals surface area (Å²) in [5.74, 6) is 2.21. The summed E-state index contributed by atoms with van der Waals surface area (Å²) in [6.45, 7) is 11.2. The van der Waals surface area contributed by atoms with Crippen LogP contribution >= 0.6 is 24.0 Å². The molecule has 30 heavy (non-hydrogen) atoms. The fraction of sp³-hybridized carbons (Fsp3) is 0.636. The molecule has 1 heterocycles. The molecule has 1 saturated heterocycles. The van der Waals surface area contributed by atoms with E-state index in [-0.39, 0.29) is 47.2 Å². The summed E-state index contributed by atoms with van der Waals surface area (Å²) in [7, 11) is 4.72. The van der Waals surface area contributed by atoms with Gasteiger partial charge in [-0.25, -0.2) is 0 Å². The molecule has 1 aliphatic rings. The number of rotatable bonds is 7. The lowest BCUT2D eigenvalue weighted by Gasteiger charge is -2.27. The summed E-state index contributed by atoms with van der Waals surface area (Å²) >= 11 is 0. The second kappa shape index (κ2) is 11.6. The molecule has 2 rings (SSSR count). The molecule has 0 aromatic heterocycles. The highest BCUT2D eigenvalue weighted by atomic mass is 127. The van der Waals surface area contributed by atoms with E-state index in [4.69, 9.17) is 19.2 Å². The number of nitrogens with zero attached hydrogens (tertiary/aromatic N) is 2. The Morgan fingerprint density at radius 2 is 1.87 bits per heavy atom. The van der Waals surface area contributed by atoms with E-state index in [9.17, 15) is 4.79 Å². The van der Waals surface area contributed by atoms with Crippen molar-refractivity contribution < 1.29 is 19.0 Å². The molecular weight excluding hydrogens is 497 g/mol. The second-order valence-electron chi connectivity index (χ2n) is 8.14. The van der Waals surface area contributed by atoms with E-state index in [1.165, 1.54) is 7.11 Å². The zero-order valence-corrected chi connectivity index (χ0v) is 21.5. The van der Waals surface area contributed by atoms with Gasteiger partial charge >= 0.3 is 5.97 Å². The standard InChI is InChI=1S/C22H35N3O4.HI/c1-8-23-21(25-12-15(2)17(13-25)20(26)29-7)24-14-22(3,4)16-9-10-18(27-5)19(11-16)28-6;/h9-11,15,17H,8,12-14H2,1-7H3,(H,23,24);1H.